The normalized spacial score (nSPS) is 17.8. The first-order valence-electron chi connectivity index (χ1n) is 7.57. The van der Waals surface area contributed by atoms with Gasteiger partial charge in [0.2, 0.25) is 0 Å². The fraction of sp³-hybridized carbons (Fsp3) is 0.800. The maximum Gasteiger partial charge on any atom is 0.191 e. The highest BCUT2D eigenvalue weighted by Crippen LogP contribution is 2.19. The number of allylic oxidation sites excluding steroid dienone is 1. The van der Waals surface area contributed by atoms with Crippen LogP contribution in [0, 0.1) is 5.92 Å². The van der Waals surface area contributed by atoms with Gasteiger partial charge < -0.3 is 15.7 Å². The molecule has 1 aliphatic rings. The molecule has 0 aliphatic heterocycles. The Labute approximate surface area is 117 Å². The van der Waals surface area contributed by atoms with Crippen LogP contribution in [0.4, 0.5) is 0 Å². The Kier molecular flexibility index (Phi) is 8.30. The Balaban J connectivity index is 2.30. The number of aliphatic imine (C=N–C) groups is 1. The van der Waals surface area contributed by atoms with Crippen LogP contribution in [0.2, 0.25) is 0 Å². The predicted molar refractivity (Wildman–Crippen MR) is 81.4 cm³/mol. The van der Waals surface area contributed by atoms with Gasteiger partial charge in [-0.15, -0.1) is 0 Å². The molecule has 4 heteroatoms. The van der Waals surface area contributed by atoms with Crippen LogP contribution in [0.1, 0.15) is 46.0 Å². The van der Waals surface area contributed by atoms with Crippen molar-refractivity contribution in [3.63, 3.8) is 0 Å². The van der Waals surface area contributed by atoms with Gasteiger partial charge in [-0.3, -0.25) is 4.99 Å². The maximum absolute atomic E-state index is 9.01. The van der Waals surface area contributed by atoms with Gasteiger partial charge >= 0.3 is 0 Å². The monoisotopic (exact) mass is 267 g/mol. The molecule has 0 aromatic heterocycles. The lowest BCUT2D eigenvalue weighted by molar-refractivity contribution is 0.241. The van der Waals surface area contributed by atoms with Crippen molar-refractivity contribution in [2.75, 3.05) is 26.2 Å². The fourth-order valence-corrected chi connectivity index (χ4v) is 2.12. The zero-order valence-corrected chi connectivity index (χ0v) is 12.4. The minimum absolute atomic E-state index is 0.190. The minimum Gasteiger partial charge on any atom is -0.396 e. The molecule has 0 radical (unpaired) electrons. The van der Waals surface area contributed by atoms with E-state index in [1.165, 1.54) is 25.7 Å². The SMILES string of the molecule is CCNC(=NCC(C)CO)NCCC1=CCCCC1. The van der Waals surface area contributed by atoms with E-state index >= 15 is 0 Å². The smallest absolute Gasteiger partial charge is 0.191 e. The Morgan fingerprint density at radius 3 is 2.89 bits per heavy atom. The summed E-state index contributed by atoms with van der Waals surface area (Å²) in [4.78, 5) is 4.48. The highest BCUT2D eigenvalue weighted by atomic mass is 16.3. The molecule has 19 heavy (non-hydrogen) atoms. The van der Waals surface area contributed by atoms with E-state index in [0.29, 0.717) is 6.54 Å². The number of aliphatic hydroxyl groups excluding tert-OH is 1. The van der Waals surface area contributed by atoms with Gasteiger partial charge in [-0.1, -0.05) is 18.6 Å². The molecular formula is C15H29N3O. The molecule has 3 N–H and O–H groups in total. The molecule has 0 bridgehead atoms. The summed E-state index contributed by atoms with van der Waals surface area (Å²) >= 11 is 0. The maximum atomic E-state index is 9.01. The largest absolute Gasteiger partial charge is 0.396 e. The Morgan fingerprint density at radius 1 is 1.42 bits per heavy atom. The van der Waals surface area contributed by atoms with Gasteiger partial charge in [0.15, 0.2) is 5.96 Å². The molecule has 0 heterocycles. The average Bonchev–Trinajstić information content (AvgIpc) is 2.45. The molecule has 0 fully saturated rings. The van der Waals surface area contributed by atoms with Gasteiger partial charge in [-0.25, -0.2) is 0 Å². The standard InChI is InChI=1S/C15H29N3O/c1-3-16-15(18-11-13(2)12-19)17-10-9-14-7-5-4-6-8-14/h7,13,19H,3-6,8-12H2,1-2H3,(H2,16,17,18). The van der Waals surface area contributed by atoms with Crippen LogP contribution in [-0.4, -0.2) is 37.3 Å². The molecule has 0 aromatic rings. The van der Waals surface area contributed by atoms with Gasteiger partial charge in [0.05, 0.1) is 0 Å². The second-order valence-electron chi connectivity index (χ2n) is 5.29. The number of rotatable bonds is 7. The van der Waals surface area contributed by atoms with E-state index in [1.54, 1.807) is 5.57 Å². The number of hydrogen-bond donors (Lipinski definition) is 3. The van der Waals surface area contributed by atoms with Gasteiger partial charge in [0, 0.05) is 26.2 Å². The van der Waals surface area contributed by atoms with E-state index in [1.807, 2.05) is 6.92 Å². The highest BCUT2D eigenvalue weighted by molar-refractivity contribution is 5.79. The van der Waals surface area contributed by atoms with Crippen molar-refractivity contribution in [3.05, 3.63) is 11.6 Å². The molecule has 1 atom stereocenters. The third-order valence-electron chi connectivity index (χ3n) is 3.34. The highest BCUT2D eigenvalue weighted by Gasteiger charge is 2.04. The van der Waals surface area contributed by atoms with Crippen LogP contribution in [0.25, 0.3) is 0 Å². The van der Waals surface area contributed by atoms with Crippen LogP contribution >= 0.6 is 0 Å². The molecule has 1 unspecified atom stereocenters. The molecule has 0 amide bonds. The van der Waals surface area contributed by atoms with E-state index in [4.69, 9.17) is 5.11 Å². The minimum atomic E-state index is 0.190. The lowest BCUT2D eigenvalue weighted by Gasteiger charge is -2.15. The molecular weight excluding hydrogens is 238 g/mol. The molecule has 0 aromatic carbocycles. The van der Waals surface area contributed by atoms with Crippen molar-refractivity contribution in [1.82, 2.24) is 10.6 Å². The summed E-state index contributed by atoms with van der Waals surface area (Å²) in [6.45, 7) is 6.72. The van der Waals surface area contributed by atoms with E-state index < -0.39 is 0 Å². The van der Waals surface area contributed by atoms with Crippen molar-refractivity contribution in [3.8, 4) is 0 Å². The van der Waals surface area contributed by atoms with Crippen molar-refractivity contribution in [1.29, 1.82) is 0 Å². The van der Waals surface area contributed by atoms with Gasteiger partial charge in [-0.2, -0.15) is 0 Å². The van der Waals surface area contributed by atoms with Crippen molar-refractivity contribution in [2.45, 2.75) is 46.0 Å². The lowest BCUT2D eigenvalue weighted by Crippen LogP contribution is -2.38. The van der Waals surface area contributed by atoms with Crippen LogP contribution in [-0.2, 0) is 0 Å². The Hall–Kier alpha value is -1.03. The number of hydrogen-bond acceptors (Lipinski definition) is 2. The van der Waals surface area contributed by atoms with E-state index in [2.05, 4.69) is 28.6 Å². The second kappa shape index (κ2) is 9.84. The summed E-state index contributed by atoms with van der Waals surface area (Å²) in [6, 6.07) is 0. The molecule has 0 saturated carbocycles. The molecule has 0 spiro atoms. The van der Waals surface area contributed by atoms with Crippen LogP contribution < -0.4 is 10.6 Å². The first kappa shape index (κ1) is 16.0. The second-order valence-corrected chi connectivity index (χ2v) is 5.29. The van der Waals surface area contributed by atoms with E-state index in [-0.39, 0.29) is 12.5 Å². The van der Waals surface area contributed by atoms with Crippen LogP contribution in [0.3, 0.4) is 0 Å². The van der Waals surface area contributed by atoms with Crippen molar-refractivity contribution >= 4 is 5.96 Å². The van der Waals surface area contributed by atoms with E-state index in [9.17, 15) is 0 Å². The summed E-state index contributed by atoms with van der Waals surface area (Å²) in [6.07, 6.45) is 8.70. The Morgan fingerprint density at radius 2 is 2.26 bits per heavy atom. The van der Waals surface area contributed by atoms with Crippen molar-refractivity contribution in [2.24, 2.45) is 10.9 Å². The number of guanidine groups is 1. The first-order valence-corrected chi connectivity index (χ1v) is 7.57. The third kappa shape index (κ3) is 7.21. The summed E-state index contributed by atoms with van der Waals surface area (Å²) in [7, 11) is 0. The topological polar surface area (TPSA) is 56.7 Å². The number of nitrogens with zero attached hydrogens (tertiary/aromatic N) is 1. The quantitative estimate of drug-likeness (QED) is 0.376. The fourth-order valence-electron chi connectivity index (χ4n) is 2.12. The van der Waals surface area contributed by atoms with Crippen LogP contribution in [0.5, 0.6) is 0 Å². The lowest BCUT2D eigenvalue weighted by atomic mass is 9.97. The predicted octanol–water partition coefficient (Wildman–Crippen LogP) is 2.06. The number of nitrogens with one attached hydrogen (secondary N) is 2. The summed E-state index contributed by atoms with van der Waals surface area (Å²) in [5, 5.41) is 15.6. The molecule has 0 saturated heterocycles. The average molecular weight is 267 g/mol. The molecule has 1 aliphatic carbocycles. The molecule has 4 nitrogen and oxygen atoms in total. The van der Waals surface area contributed by atoms with Gasteiger partial charge in [0.1, 0.15) is 0 Å². The number of aliphatic hydroxyl groups is 1. The first-order chi connectivity index (χ1) is 9.26. The third-order valence-corrected chi connectivity index (χ3v) is 3.34. The summed E-state index contributed by atoms with van der Waals surface area (Å²) < 4.78 is 0. The van der Waals surface area contributed by atoms with Crippen LogP contribution in [0.15, 0.2) is 16.6 Å². The summed E-state index contributed by atoms with van der Waals surface area (Å²) in [5.41, 5.74) is 1.58. The van der Waals surface area contributed by atoms with Gasteiger partial charge in [-0.05, 0) is 44.9 Å². The summed E-state index contributed by atoms with van der Waals surface area (Å²) in [5.74, 6) is 1.08. The zero-order valence-electron chi connectivity index (χ0n) is 12.4. The zero-order chi connectivity index (χ0) is 13.9. The van der Waals surface area contributed by atoms with Gasteiger partial charge in [0.25, 0.3) is 0 Å². The Bertz CT molecular complexity index is 300. The van der Waals surface area contributed by atoms with E-state index in [0.717, 1.165) is 25.5 Å². The van der Waals surface area contributed by atoms with Crippen molar-refractivity contribution < 1.29 is 5.11 Å². The molecule has 1 rings (SSSR count). The molecule has 110 valence electrons.